The first-order valence-electron chi connectivity index (χ1n) is 6.83. The van der Waals surface area contributed by atoms with Crippen molar-refractivity contribution in [2.75, 3.05) is 0 Å². The van der Waals surface area contributed by atoms with Gasteiger partial charge in [-0.1, -0.05) is 44.2 Å². The Kier molecular flexibility index (Phi) is 4.41. The van der Waals surface area contributed by atoms with Crippen LogP contribution >= 0.6 is 0 Å². The highest BCUT2D eigenvalue weighted by molar-refractivity contribution is 5.29. The minimum absolute atomic E-state index is 0.686. The van der Waals surface area contributed by atoms with Crippen molar-refractivity contribution >= 4 is 0 Å². The molecule has 0 atom stereocenters. The Labute approximate surface area is 115 Å². The van der Waals surface area contributed by atoms with E-state index >= 15 is 0 Å². The van der Waals surface area contributed by atoms with E-state index < -0.39 is 0 Å². The van der Waals surface area contributed by atoms with Crippen molar-refractivity contribution in [3.05, 3.63) is 59.4 Å². The smallest absolute Gasteiger partial charge is 0.120 e. The zero-order valence-electron chi connectivity index (χ0n) is 11.6. The van der Waals surface area contributed by atoms with E-state index in [0.717, 1.165) is 25.1 Å². The predicted molar refractivity (Wildman–Crippen MR) is 77.9 cm³/mol. The summed E-state index contributed by atoms with van der Waals surface area (Å²) in [6.45, 7) is 5.25. The second kappa shape index (κ2) is 6.24. The van der Waals surface area contributed by atoms with Crippen LogP contribution in [0.25, 0.3) is 0 Å². The maximum absolute atomic E-state index is 9.22. The number of hydrogen-bond donors (Lipinski definition) is 0. The quantitative estimate of drug-likeness (QED) is 0.790. The SMILES string of the molecule is CC(C)CCc1ccc(C#N)n1Cc1ccccc1. The molecule has 1 aromatic heterocycles. The molecule has 0 unspecified atom stereocenters. The highest BCUT2D eigenvalue weighted by atomic mass is 15.0. The summed E-state index contributed by atoms with van der Waals surface area (Å²) in [6.07, 6.45) is 2.19. The van der Waals surface area contributed by atoms with Gasteiger partial charge in [-0.3, -0.25) is 0 Å². The van der Waals surface area contributed by atoms with E-state index in [9.17, 15) is 5.26 Å². The van der Waals surface area contributed by atoms with Crippen LogP contribution in [0.1, 0.15) is 37.2 Å². The van der Waals surface area contributed by atoms with Gasteiger partial charge in [0.2, 0.25) is 0 Å². The predicted octanol–water partition coefficient (Wildman–Crippen LogP) is 4.00. The second-order valence-electron chi connectivity index (χ2n) is 5.33. The normalized spacial score (nSPS) is 10.6. The molecule has 0 N–H and O–H groups in total. The lowest BCUT2D eigenvalue weighted by atomic mass is 10.1. The summed E-state index contributed by atoms with van der Waals surface area (Å²) in [4.78, 5) is 0. The number of nitrogens with zero attached hydrogens (tertiary/aromatic N) is 2. The first kappa shape index (κ1) is 13.4. The monoisotopic (exact) mass is 252 g/mol. The Balaban J connectivity index is 2.22. The van der Waals surface area contributed by atoms with Crippen molar-refractivity contribution < 1.29 is 0 Å². The average molecular weight is 252 g/mol. The summed E-state index contributed by atoms with van der Waals surface area (Å²) >= 11 is 0. The maximum Gasteiger partial charge on any atom is 0.120 e. The summed E-state index contributed by atoms with van der Waals surface area (Å²) < 4.78 is 2.14. The van der Waals surface area contributed by atoms with Crippen LogP contribution in [0.4, 0.5) is 0 Å². The molecule has 2 heteroatoms. The highest BCUT2D eigenvalue weighted by Gasteiger charge is 2.09. The summed E-state index contributed by atoms with van der Waals surface area (Å²) in [5, 5.41) is 9.22. The molecular formula is C17H20N2. The van der Waals surface area contributed by atoms with Gasteiger partial charge < -0.3 is 4.57 Å². The Hall–Kier alpha value is -2.01. The van der Waals surface area contributed by atoms with Gasteiger partial charge in [-0.2, -0.15) is 5.26 Å². The van der Waals surface area contributed by atoms with Gasteiger partial charge in [0, 0.05) is 12.2 Å². The number of nitriles is 1. The Bertz CT molecular complexity index is 559. The summed E-state index contributed by atoms with van der Waals surface area (Å²) in [5.74, 6) is 0.686. The molecule has 0 saturated carbocycles. The molecule has 1 heterocycles. The molecule has 0 fully saturated rings. The van der Waals surface area contributed by atoms with Crippen LogP contribution < -0.4 is 0 Å². The topological polar surface area (TPSA) is 28.7 Å². The van der Waals surface area contributed by atoms with Crippen molar-refractivity contribution in [2.45, 2.75) is 33.2 Å². The van der Waals surface area contributed by atoms with Gasteiger partial charge in [0.1, 0.15) is 11.8 Å². The lowest BCUT2D eigenvalue weighted by molar-refractivity contribution is 0.568. The van der Waals surface area contributed by atoms with E-state index in [-0.39, 0.29) is 0 Å². The third-order valence-corrected chi connectivity index (χ3v) is 3.35. The minimum Gasteiger partial charge on any atom is -0.332 e. The van der Waals surface area contributed by atoms with Crippen molar-refractivity contribution in [2.24, 2.45) is 5.92 Å². The van der Waals surface area contributed by atoms with Gasteiger partial charge in [-0.05, 0) is 36.5 Å². The largest absolute Gasteiger partial charge is 0.332 e. The Morgan fingerprint density at radius 1 is 1.11 bits per heavy atom. The van der Waals surface area contributed by atoms with E-state index in [1.807, 2.05) is 24.3 Å². The van der Waals surface area contributed by atoms with E-state index in [2.05, 4.69) is 42.7 Å². The molecule has 2 nitrogen and oxygen atoms in total. The third kappa shape index (κ3) is 3.48. The Morgan fingerprint density at radius 3 is 2.47 bits per heavy atom. The van der Waals surface area contributed by atoms with Gasteiger partial charge in [0.05, 0.1) is 0 Å². The molecule has 2 aromatic rings. The number of hydrogen-bond acceptors (Lipinski definition) is 1. The van der Waals surface area contributed by atoms with E-state index in [0.29, 0.717) is 5.92 Å². The van der Waals surface area contributed by atoms with E-state index in [1.165, 1.54) is 11.3 Å². The van der Waals surface area contributed by atoms with Crippen LogP contribution in [-0.2, 0) is 13.0 Å². The van der Waals surface area contributed by atoms with Gasteiger partial charge in [-0.25, -0.2) is 0 Å². The van der Waals surface area contributed by atoms with E-state index in [4.69, 9.17) is 0 Å². The maximum atomic E-state index is 9.22. The molecule has 0 bridgehead atoms. The van der Waals surface area contributed by atoms with Crippen LogP contribution in [0.3, 0.4) is 0 Å². The molecule has 0 radical (unpaired) electrons. The molecular weight excluding hydrogens is 232 g/mol. The zero-order valence-corrected chi connectivity index (χ0v) is 11.6. The van der Waals surface area contributed by atoms with Crippen LogP contribution in [0, 0.1) is 17.2 Å². The molecule has 0 amide bonds. The minimum atomic E-state index is 0.686. The third-order valence-electron chi connectivity index (χ3n) is 3.35. The van der Waals surface area contributed by atoms with Crippen LogP contribution in [-0.4, -0.2) is 4.57 Å². The number of rotatable bonds is 5. The fourth-order valence-electron chi connectivity index (χ4n) is 2.21. The van der Waals surface area contributed by atoms with Gasteiger partial charge in [0.25, 0.3) is 0 Å². The lowest BCUT2D eigenvalue weighted by Gasteiger charge is -2.12. The lowest BCUT2D eigenvalue weighted by Crippen LogP contribution is -2.07. The highest BCUT2D eigenvalue weighted by Crippen LogP contribution is 2.16. The second-order valence-corrected chi connectivity index (χ2v) is 5.33. The van der Waals surface area contributed by atoms with Crippen molar-refractivity contribution in [3.63, 3.8) is 0 Å². The van der Waals surface area contributed by atoms with Crippen molar-refractivity contribution in [3.8, 4) is 6.07 Å². The molecule has 98 valence electrons. The summed E-state index contributed by atoms with van der Waals surface area (Å²) in [5.41, 5.74) is 3.25. The molecule has 0 aliphatic rings. The zero-order chi connectivity index (χ0) is 13.7. The number of benzene rings is 1. The summed E-state index contributed by atoms with van der Waals surface area (Å²) in [7, 11) is 0. The summed E-state index contributed by atoms with van der Waals surface area (Å²) in [6, 6.07) is 16.6. The molecule has 0 aliphatic heterocycles. The first-order chi connectivity index (χ1) is 9.20. The molecule has 0 spiro atoms. The van der Waals surface area contributed by atoms with E-state index in [1.54, 1.807) is 0 Å². The van der Waals surface area contributed by atoms with Gasteiger partial charge in [0.15, 0.2) is 0 Å². The standard InChI is InChI=1S/C17H20N2/c1-14(2)8-9-16-10-11-17(12-18)19(16)13-15-6-4-3-5-7-15/h3-7,10-11,14H,8-9,13H2,1-2H3. The molecule has 19 heavy (non-hydrogen) atoms. The number of aromatic nitrogens is 1. The van der Waals surface area contributed by atoms with Crippen LogP contribution in [0.15, 0.2) is 42.5 Å². The van der Waals surface area contributed by atoms with Crippen LogP contribution in [0.2, 0.25) is 0 Å². The van der Waals surface area contributed by atoms with Crippen LogP contribution in [0.5, 0.6) is 0 Å². The van der Waals surface area contributed by atoms with Gasteiger partial charge in [-0.15, -0.1) is 0 Å². The first-order valence-corrected chi connectivity index (χ1v) is 6.83. The molecule has 0 saturated heterocycles. The molecule has 0 aliphatic carbocycles. The van der Waals surface area contributed by atoms with Crippen molar-refractivity contribution in [1.82, 2.24) is 4.57 Å². The fourth-order valence-corrected chi connectivity index (χ4v) is 2.21. The Morgan fingerprint density at radius 2 is 1.84 bits per heavy atom. The molecule has 2 rings (SSSR count). The molecule has 1 aromatic carbocycles. The van der Waals surface area contributed by atoms with Gasteiger partial charge >= 0.3 is 0 Å². The average Bonchev–Trinajstić information content (AvgIpc) is 2.80. The number of aryl methyl sites for hydroxylation is 1. The fraction of sp³-hybridized carbons (Fsp3) is 0.353. The van der Waals surface area contributed by atoms with Crippen molar-refractivity contribution in [1.29, 1.82) is 5.26 Å².